The van der Waals surface area contributed by atoms with Gasteiger partial charge in [-0.05, 0) is 25.7 Å². The van der Waals surface area contributed by atoms with Crippen molar-refractivity contribution >= 4 is 39.5 Å². The number of carbonyl (C=O) groups is 4. The maximum absolute atomic E-state index is 13.1. The van der Waals surface area contributed by atoms with Gasteiger partial charge in [-0.15, -0.1) is 0 Å². The number of aliphatic hydroxyl groups is 1. The lowest BCUT2D eigenvalue weighted by Gasteiger charge is -2.21. The highest BCUT2D eigenvalue weighted by atomic mass is 31.2. The highest BCUT2D eigenvalue weighted by Gasteiger charge is 2.30. The molecule has 0 rings (SSSR count). The fourth-order valence-corrected chi connectivity index (χ4v) is 13.7. The Morgan fingerprint density at radius 1 is 0.247 bits per heavy atom. The summed E-state index contributed by atoms with van der Waals surface area (Å²) in [6.07, 6.45) is 63.5. The summed E-state index contributed by atoms with van der Waals surface area (Å²) in [6.45, 7) is 5.02. The van der Waals surface area contributed by atoms with E-state index >= 15 is 0 Å². The van der Waals surface area contributed by atoms with Gasteiger partial charge >= 0.3 is 39.5 Å². The molecule has 5 atom stereocenters. The van der Waals surface area contributed by atoms with Crippen LogP contribution in [-0.4, -0.2) is 96.7 Å². The van der Waals surface area contributed by atoms with Crippen molar-refractivity contribution in [1.82, 2.24) is 0 Å². The molecule has 0 aromatic carbocycles. The molecule has 0 aliphatic heterocycles. The Labute approximate surface area is 594 Å². The van der Waals surface area contributed by atoms with Crippen LogP contribution < -0.4 is 0 Å². The average molecular weight is 1420 g/mol. The number of ether oxygens (including phenoxy) is 4. The molecule has 0 radical (unpaired) electrons. The van der Waals surface area contributed by atoms with Gasteiger partial charge in [0.25, 0.3) is 0 Å². The predicted molar refractivity (Wildman–Crippen MR) is 395 cm³/mol. The molecule has 0 saturated carbocycles. The molecule has 3 N–H and O–H groups in total. The van der Waals surface area contributed by atoms with Crippen LogP contribution in [0.3, 0.4) is 0 Å². The molecule has 19 heteroatoms. The topological polar surface area (TPSA) is 237 Å². The molecule has 576 valence electrons. The number of esters is 4. The van der Waals surface area contributed by atoms with Gasteiger partial charge in [0.05, 0.1) is 26.4 Å². The average Bonchev–Trinajstić information content (AvgIpc) is 1.63. The smallest absolute Gasteiger partial charge is 0.462 e. The maximum Gasteiger partial charge on any atom is 0.472 e. The second kappa shape index (κ2) is 72.4. The molecule has 0 spiro atoms. The van der Waals surface area contributed by atoms with Crippen LogP contribution in [0, 0.1) is 0 Å². The first kappa shape index (κ1) is 95.1. The van der Waals surface area contributed by atoms with Crippen LogP contribution in [0.5, 0.6) is 0 Å². The summed E-state index contributed by atoms with van der Waals surface area (Å²) in [4.78, 5) is 72.9. The van der Waals surface area contributed by atoms with E-state index in [1.165, 1.54) is 250 Å². The number of phosphoric acid groups is 2. The van der Waals surface area contributed by atoms with Gasteiger partial charge in [-0.1, -0.05) is 368 Å². The van der Waals surface area contributed by atoms with E-state index in [9.17, 15) is 43.2 Å². The number of phosphoric ester groups is 2. The number of hydrogen-bond acceptors (Lipinski definition) is 15. The van der Waals surface area contributed by atoms with Crippen LogP contribution >= 0.6 is 15.6 Å². The Kier molecular flexibility index (Phi) is 71.0. The Bertz CT molecular complexity index is 1840. The number of carbonyl (C=O) groups excluding carboxylic acids is 4. The first-order chi connectivity index (χ1) is 47.2. The Morgan fingerprint density at radius 2 is 0.412 bits per heavy atom. The van der Waals surface area contributed by atoms with Crippen LogP contribution in [0.15, 0.2) is 0 Å². The molecule has 0 bridgehead atoms. The van der Waals surface area contributed by atoms with Crippen molar-refractivity contribution in [3.05, 3.63) is 0 Å². The van der Waals surface area contributed by atoms with Gasteiger partial charge < -0.3 is 33.8 Å². The molecule has 0 amide bonds. The standard InChI is InChI=1S/C78H152O17P2/c1-5-9-13-17-21-25-29-33-36-38-41-45-49-53-57-61-65-78(83)95-74(69-89-76(81)63-59-55-51-47-43-40-37-34-30-26-22-18-14-10-6-2)71-93-97(86,87)91-67-72(79)66-90-96(84,85)92-70-73(68-88-75(80)62-58-54-50-46-42-32-28-24-20-16-12-8-4)94-77(82)64-60-56-52-48-44-39-35-31-27-23-19-15-11-7-3/h72-74,79H,5-71H2,1-4H3,(H,84,85)(H,86,87)/t72-,73+,74+/m0/s1. The summed E-state index contributed by atoms with van der Waals surface area (Å²) in [6, 6.07) is 0. The Hall–Kier alpha value is -1.94. The van der Waals surface area contributed by atoms with E-state index in [4.69, 9.17) is 37.0 Å². The van der Waals surface area contributed by atoms with Gasteiger partial charge in [-0.25, -0.2) is 9.13 Å². The zero-order chi connectivity index (χ0) is 71.1. The third-order valence-electron chi connectivity index (χ3n) is 18.4. The molecule has 0 aromatic heterocycles. The fourth-order valence-electron chi connectivity index (χ4n) is 12.1. The monoisotopic (exact) mass is 1420 g/mol. The zero-order valence-electron chi connectivity index (χ0n) is 63.1. The summed E-state index contributed by atoms with van der Waals surface area (Å²) in [5, 5.41) is 10.6. The summed E-state index contributed by atoms with van der Waals surface area (Å²) in [5.74, 6) is -2.10. The van der Waals surface area contributed by atoms with Crippen molar-refractivity contribution < 1.29 is 80.2 Å². The molecular formula is C78H152O17P2. The van der Waals surface area contributed by atoms with E-state index in [0.717, 1.165) is 89.9 Å². The van der Waals surface area contributed by atoms with E-state index in [1.54, 1.807) is 0 Å². The molecule has 17 nitrogen and oxygen atoms in total. The molecule has 0 fully saturated rings. The van der Waals surface area contributed by atoms with Gasteiger partial charge in [0.2, 0.25) is 0 Å². The van der Waals surface area contributed by atoms with Crippen LogP contribution in [0.1, 0.15) is 419 Å². The Balaban J connectivity index is 5.26. The van der Waals surface area contributed by atoms with Gasteiger partial charge in [0, 0.05) is 25.7 Å². The van der Waals surface area contributed by atoms with Gasteiger partial charge in [0.15, 0.2) is 12.2 Å². The van der Waals surface area contributed by atoms with Crippen LogP contribution in [0.25, 0.3) is 0 Å². The molecule has 97 heavy (non-hydrogen) atoms. The minimum Gasteiger partial charge on any atom is -0.462 e. The third kappa shape index (κ3) is 72.2. The van der Waals surface area contributed by atoms with Gasteiger partial charge in [-0.2, -0.15) is 0 Å². The summed E-state index contributed by atoms with van der Waals surface area (Å²) in [5.41, 5.74) is 0. The minimum absolute atomic E-state index is 0.109. The van der Waals surface area contributed by atoms with E-state index in [2.05, 4.69) is 27.7 Å². The lowest BCUT2D eigenvalue weighted by molar-refractivity contribution is -0.161. The second-order valence-corrected chi connectivity index (χ2v) is 31.0. The third-order valence-corrected chi connectivity index (χ3v) is 20.3. The minimum atomic E-state index is -4.96. The van der Waals surface area contributed by atoms with Crippen LogP contribution in [0.2, 0.25) is 0 Å². The van der Waals surface area contributed by atoms with Crippen LogP contribution in [-0.2, 0) is 65.4 Å². The molecule has 0 aromatic rings. The molecule has 0 saturated heterocycles. The number of hydrogen-bond donors (Lipinski definition) is 3. The van der Waals surface area contributed by atoms with Crippen molar-refractivity contribution in [2.75, 3.05) is 39.6 Å². The van der Waals surface area contributed by atoms with E-state index in [-0.39, 0.29) is 25.7 Å². The first-order valence-corrected chi connectivity index (χ1v) is 43.8. The second-order valence-electron chi connectivity index (χ2n) is 28.1. The lowest BCUT2D eigenvalue weighted by atomic mass is 10.0. The van der Waals surface area contributed by atoms with Gasteiger partial charge in [-0.3, -0.25) is 37.3 Å². The molecular weight excluding hydrogens is 1270 g/mol. The summed E-state index contributed by atoms with van der Waals surface area (Å²) in [7, 11) is -9.91. The van der Waals surface area contributed by atoms with Crippen molar-refractivity contribution in [1.29, 1.82) is 0 Å². The van der Waals surface area contributed by atoms with Crippen molar-refractivity contribution in [3.63, 3.8) is 0 Å². The lowest BCUT2D eigenvalue weighted by Crippen LogP contribution is -2.30. The van der Waals surface area contributed by atoms with Crippen molar-refractivity contribution in [2.45, 2.75) is 438 Å². The molecule has 0 aliphatic carbocycles. The fraction of sp³-hybridized carbons (Fsp3) is 0.949. The zero-order valence-corrected chi connectivity index (χ0v) is 64.8. The van der Waals surface area contributed by atoms with Crippen molar-refractivity contribution in [3.8, 4) is 0 Å². The number of aliphatic hydroxyl groups excluding tert-OH is 1. The van der Waals surface area contributed by atoms with E-state index in [0.29, 0.717) is 25.7 Å². The largest absolute Gasteiger partial charge is 0.472 e. The summed E-state index contributed by atoms with van der Waals surface area (Å²) >= 11 is 0. The van der Waals surface area contributed by atoms with E-state index in [1.807, 2.05) is 0 Å². The predicted octanol–water partition coefficient (Wildman–Crippen LogP) is 23.4. The number of unbranched alkanes of at least 4 members (excludes halogenated alkanes) is 53. The van der Waals surface area contributed by atoms with E-state index < -0.39 is 97.5 Å². The number of rotatable bonds is 79. The van der Waals surface area contributed by atoms with Crippen molar-refractivity contribution in [2.24, 2.45) is 0 Å². The quantitative estimate of drug-likeness (QED) is 0.0222. The van der Waals surface area contributed by atoms with Crippen LogP contribution in [0.4, 0.5) is 0 Å². The molecule has 0 aliphatic rings. The Morgan fingerprint density at radius 3 is 0.608 bits per heavy atom. The normalized spacial score (nSPS) is 13.8. The van der Waals surface area contributed by atoms with Gasteiger partial charge in [0.1, 0.15) is 19.3 Å². The molecule has 0 heterocycles. The first-order valence-electron chi connectivity index (χ1n) is 40.8. The SMILES string of the molecule is CCCCCCCCCCCCCCCCCCC(=O)O[C@H](COC(=O)CCCCCCCCCCCCCCCCC)COP(=O)(O)OC[C@@H](O)COP(=O)(O)OC[C@@H](COC(=O)CCCCCCCCCCCCCC)OC(=O)CCCCCCCCCCCCCCCC. The highest BCUT2D eigenvalue weighted by Crippen LogP contribution is 2.45. The highest BCUT2D eigenvalue weighted by molar-refractivity contribution is 7.47. The molecule has 2 unspecified atom stereocenters. The summed E-state index contributed by atoms with van der Waals surface area (Å²) < 4.78 is 68.7. The maximum atomic E-state index is 13.1.